The van der Waals surface area contributed by atoms with E-state index in [0.29, 0.717) is 24.0 Å². The van der Waals surface area contributed by atoms with Gasteiger partial charge in [0.05, 0.1) is 12.2 Å². The predicted molar refractivity (Wildman–Crippen MR) is 97.0 cm³/mol. The minimum Gasteiger partial charge on any atom is -0.477 e. The highest BCUT2D eigenvalue weighted by atomic mass is 16.5. The van der Waals surface area contributed by atoms with Gasteiger partial charge in [0.25, 0.3) is 5.91 Å². The first-order chi connectivity index (χ1) is 12.7. The summed E-state index contributed by atoms with van der Waals surface area (Å²) < 4.78 is 5.78. The zero-order valence-electron chi connectivity index (χ0n) is 14.7. The molecule has 0 saturated carbocycles. The number of carbonyl (C=O) groups is 1. The maximum absolute atomic E-state index is 12.8. The van der Waals surface area contributed by atoms with Crippen LogP contribution in [0.3, 0.4) is 0 Å². The van der Waals surface area contributed by atoms with Crippen molar-refractivity contribution in [3.8, 4) is 5.88 Å². The summed E-state index contributed by atoms with van der Waals surface area (Å²) in [6, 6.07) is 5.62. The van der Waals surface area contributed by atoms with E-state index in [0.717, 1.165) is 42.7 Å². The van der Waals surface area contributed by atoms with E-state index in [9.17, 15) is 4.79 Å². The number of hydrogen-bond donors (Lipinski definition) is 1. The van der Waals surface area contributed by atoms with Gasteiger partial charge >= 0.3 is 0 Å². The fourth-order valence-corrected chi connectivity index (χ4v) is 3.32. The van der Waals surface area contributed by atoms with Crippen LogP contribution in [0.1, 0.15) is 28.9 Å². The molecule has 1 amide bonds. The van der Waals surface area contributed by atoms with Crippen molar-refractivity contribution in [3.63, 3.8) is 0 Å². The molecule has 4 heterocycles. The summed E-state index contributed by atoms with van der Waals surface area (Å²) in [7, 11) is 0. The van der Waals surface area contributed by atoms with E-state index >= 15 is 0 Å². The zero-order valence-corrected chi connectivity index (χ0v) is 14.7. The largest absolute Gasteiger partial charge is 0.477 e. The van der Waals surface area contributed by atoms with Crippen LogP contribution in [-0.2, 0) is 0 Å². The predicted octanol–water partition coefficient (Wildman–Crippen LogP) is 2.59. The number of likely N-dealkylation sites (tertiary alicyclic amines) is 1. The molecular formula is C19H21N5O2. The highest BCUT2D eigenvalue weighted by molar-refractivity contribution is 6.05. The topological polar surface area (TPSA) is 84.0 Å². The molecule has 0 aromatic carbocycles. The molecule has 26 heavy (non-hydrogen) atoms. The fourth-order valence-electron chi connectivity index (χ4n) is 3.32. The summed E-state index contributed by atoms with van der Waals surface area (Å²) in [5.74, 6) is 1.11. The standard InChI is InChI=1S/C19H21N5O2/c1-13-9-17(23-12-22-13)26-11-14-4-7-24(8-5-14)19(25)16-10-21-18-15(16)3-2-6-20-18/h2-3,6,9-10,12,14H,4-5,7-8,11H2,1H3,(H,20,21). The molecule has 0 unspecified atom stereocenters. The summed E-state index contributed by atoms with van der Waals surface area (Å²) in [4.78, 5) is 30.3. The molecular weight excluding hydrogens is 330 g/mol. The first kappa shape index (κ1) is 16.5. The van der Waals surface area contributed by atoms with Crippen molar-refractivity contribution in [2.75, 3.05) is 19.7 Å². The zero-order chi connectivity index (χ0) is 17.9. The number of aromatic nitrogens is 4. The third kappa shape index (κ3) is 3.37. The third-order valence-electron chi connectivity index (χ3n) is 4.83. The number of ether oxygens (including phenoxy) is 1. The second-order valence-electron chi connectivity index (χ2n) is 6.65. The molecule has 0 bridgehead atoms. The Morgan fingerprint density at radius 3 is 2.96 bits per heavy atom. The maximum atomic E-state index is 12.8. The van der Waals surface area contributed by atoms with Crippen LogP contribution < -0.4 is 4.74 Å². The second kappa shape index (κ2) is 7.11. The lowest BCUT2D eigenvalue weighted by molar-refractivity contribution is 0.0661. The maximum Gasteiger partial charge on any atom is 0.256 e. The van der Waals surface area contributed by atoms with E-state index in [1.807, 2.05) is 30.0 Å². The first-order valence-electron chi connectivity index (χ1n) is 8.83. The second-order valence-corrected chi connectivity index (χ2v) is 6.65. The molecule has 3 aromatic rings. The Hall–Kier alpha value is -2.96. The van der Waals surface area contributed by atoms with Crippen molar-refractivity contribution in [3.05, 3.63) is 48.2 Å². The Morgan fingerprint density at radius 2 is 2.15 bits per heavy atom. The van der Waals surface area contributed by atoms with Crippen LogP contribution in [0.5, 0.6) is 5.88 Å². The van der Waals surface area contributed by atoms with Crippen LogP contribution >= 0.6 is 0 Å². The molecule has 1 aliphatic heterocycles. The van der Waals surface area contributed by atoms with Gasteiger partial charge in [0.2, 0.25) is 5.88 Å². The van der Waals surface area contributed by atoms with Crippen molar-refractivity contribution in [2.24, 2.45) is 5.92 Å². The molecule has 3 aromatic heterocycles. The van der Waals surface area contributed by atoms with Crippen molar-refractivity contribution in [2.45, 2.75) is 19.8 Å². The summed E-state index contributed by atoms with van der Waals surface area (Å²) in [6.45, 7) is 4.01. The number of hydrogen-bond acceptors (Lipinski definition) is 5. The van der Waals surface area contributed by atoms with Crippen LogP contribution in [0, 0.1) is 12.8 Å². The lowest BCUT2D eigenvalue weighted by Crippen LogP contribution is -2.39. The number of rotatable bonds is 4. The number of carbonyl (C=O) groups excluding carboxylic acids is 1. The minimum absolute atomic E-state index is 0.0649. The summed E-state index contributed by atoms with van der Waals surface area (Å²) in [6.07, 6.45) is 6.85. The lowest BCUT2D eigenvalue weighted by Gasteiger charge is -2.31. The molecule has 1 aliphatic rings. The highest BCUT2D eigenvalue weighted by Gasteiger charge is 2.25. The van der Waals surface area contributed by atoms with Gasteiger partial charge in [0.1, 0.15) is 12.0 Å². The third-order valence-corrected chi connectivity index (χ3v) is 4.83. The number of aryl methyl sites for hydroxylation is 1. The number of amides is 1. The first-order valence-corrected chi connectivity index (χ1v) is 8.83. The van der Waals surface area contributed by atoms with E-state index < -0.39 is 0 Å². The summed E-state index contributed by atoms with van der Waals surface area (Å²) in [5, 5.41) is 0.877. The highest BCUT2D eigenvalue weighted by Crippen LogP contribution is 2.23. The SMILES string of the molecule is Cc1cc(OCC2CCN(C(=O)c3c[nH]c4ncccc34)CC2)ncn1. The van der Waals surface area contributed by atoms with Gasteiger partial charge in [-0.15, -0.1) is 0 Å². The molecule has 0 spiro atoms. The Bertz CT molecular complexity index is 915. The van der Waals surface area contributed by atoms with Gasteiger partial charge in [-0.2, -0.15) is 0 Å². The molecule has 134 valence electrons. The Morgan fingerprint density at radius 1 is 1.31 bits per heavy atom. The van der Waals surface area contributed by atoms with Crippen molar-refractivity contribution >= 4 is 16.9 Å². The molecule has 1 N–H and O–H groups in total. The molecule has 7 heteroatoms. The van der Waals surface area contributed by atoms with E-state index in [1.54, 1.807) is 12.4 Å². The van der Waals surface area contributed by atoms with Crippen molar-refractivity contribution < 1.29 is 9.53 Å². The van der Waals surface area contributed by atoms with E-state index in [1.165, 1.54) is 6.33 Å². The summed E-state index contributed by atoms with van der Waals surface area (Å²) >= 11 is 0. The van der Waals surface area contributed by atoms with Gasteiger partial charge in [0, 0.05) is 42.6 Å². The fraction of sp³-hybridized carbons (Fsp3) is 0.368. The molecule has 1 fully saturated rings. The van der Waals surface area contributed by atoms with Crippen molar-refractivity contribution in [1.29, 1.82) is 0 Å². The molecule has 1 saturated heterocycles. The van der Waals surface area contributed by atoms with Gasteiger partial charge in [-0.1, -0.05) is 0 Å². The van der Waals surface area contributed by atoms with E-state index in [-0.39, 0.29) is 5.91 Å². The van der Waals surface area contributed by atoms with Crippen LogP contribution in [-0.4, -0.2) is 50.4 Å². The number of nitrogens with zero attached hydrogens (tertiary/aromatic N) is 4. The number of H-pyrrole nitrogens is 1. The van der Waals surface area contributed by atoms with Crippen LogP contribution in [0.4, 0.5) is 0 Å². The van der Waals surface area contributed by atoms with E-state index in [2.05, 4.69) is 19.9 Å². The minimum atomic E-state index is 0.0649. The molecule has 0 aliphatic carbocycles. The molecule has 4 rings (SSSR count). The molecule has 0 atom stereocenters. The van der Waals surface area contributed by atoms with Crippen LogP contribution in [0.25, 0.3) is 11.0 Å². The number of fused-ring (bicyclic) bond motifs is 1. The Kier molecular flexibility index (Phi) is 4.51. The van der Waals surface area contributed by atoms with Gasteiger partial charge in [0.15, 0.2) is 0 Å². The van der Waals surface area contributed by atoms with Crippen LogP contribution in [0.2, 0.25) is 0 Å². The smallest absolute Gasteiger partial charge is 0.256 e. The van der Waals surface area contributed by atoms with Gasteiger partial charge < -0.3 is 14.6 Å². The lowest BCUT2D eigenvalue weighted by atomic mass is 9.97. The number of nitrogens with one attached hydrogen (secondary N) is 1. The number of piperidine rings is 1. The van der Waals surface area contributed by atoms with Gasteiger partial charge in [-0.05, 0) is 37.8 Å². The van der Waals surface area contributed by atoms with Crippen molar-refractivity contribution in [1.82, 2.24) is 24.8 Å². The van der Waals surface area contributed by atoms with Gasteiger partial charge in [-0.3, -0.25) is 4.79 Å². The van der Waals surface area contributed by atoms with Crippen LogP contribution in [0.15, 0.2) is 36.9 Å². The van der Waals surface area contributed by atoms with E-state index in [4.69, 9.17) is 4.74 Å². The average Bonchev–Trinajstić information content (AvgIpc) is 3.10. The average molecular weight is 351 g/mol. The van der Waals surface area contributed by atoms with Gasteiger partial charge in [-0.25, -0.2) is 15.0 Å². The Balaban J connectivity index is 1.34. The monoisotopic (exact) mass is 351 g/mol. The molecule has 0 radical (unpaired) electrons. The normalized spacial score (nSPS) is 15.3. The summed E-state index contributed by atoms with van der Waals surface area (Å²) in [5.41, 5.74) is 2.34. The number of aromatic amines is 1. The number of pyridine rings is 1. The quantitative estimate of drug-likeness (QED) is 0.781. The molecule has 7 nitrogen and oxygen atoms in total. The Labute approximate surface area is 151 Å².